The van der Waals surface area contributed by atoms with Gasteiger partial charge in [0, 0.05) is 12.3 Å². The first-order valence-electron chi connectivity index (χ1n) is 11.8. The summed E-state index contributed by atoms with van der Waals surface area (Å²) in [5.41, 5.74) is -4.16. The second kappa shape index (κ2) is 12.5. The summed E-state index contributed by atoms with van der Waals surface area (Å²) in [6.45, 7) is 3.81. The number of aliphatic hydroxyl groups excluding tert-OH is 1. The number of carbonyl (C=O) groups is 1. The number of aromatic nitrogens is 2. The molecule has 12 nitrogen and oxygen atoms in total. The van der Waals surface area contributed by atoms with Crippen LogP contribution in [-0.4, -0.2) is 57.8 Å². The molecule has 1 saturated heterocycles. The first kappa shape index (κ1) is 30.0. The molecule has 0 saturated carbocycles. The van der Waals surface area contributed by atoms with Crippen molar-refractivity contribution in [2.24, 2.45) is 0 Å². The molecule has 3 rings (SSSR count). The Bertz CT molecular complexity index is 1290. The SMILES string of the molecule is CCCCOC(=O)[C@H](C)NP(=O)(OC[C@H]1O[C@@H](n2ccc(=O)[nH]c2=O)C(C)(F)[C@@H]1O)Oc1ccccc1Cl. The normalized spacial score (nSPS) is 25.5. The summed E-state index contributed by atoms with van der Waals surface area (Å²) in [6, 6.07) is 5.93. The van der Waals surface area contributed by atoms with Crippen LogP contribution in [0.15, 0.2) is 46.1 Å². The number of H-pyrrole nitrogens is 1. The smallest absolute Gasteiger partial charge is 0.459 e. The third-order valence-corrected chi connectivity index (χ3v) is 7.67. The van der Waals surface area contributed by atoms with Gasteiger partial charge in [-0.3, -0.25) is 23.7 Å². The third-order valence-electron chi connectivity index (χ3n) is 5.73. The Kier molecular flexibility index (Phi) is 9.91. The summed E-state index contributed by atoms with van der Waals surface area (Å²) in [5, 5.41) is 13.2. The zero-order valence-electron chi connectivity index (χ0n) is 21.0. The summed E-state index contributed by atoms with van der Waals surface area (Å²) >= 11 is 6.12. The number of unbranched alkanes of at least 4 members (excludes halogenated alkanes) is 1. The minimum absolute atomic E-state index is 0.0302. The van der Waals surface area contributed by atoms with E-state index in [1.54, 1.807) is 12.1 Å². The number of nitrogens with zero attached hydrogens (tertiary/aromatic N) is 1. The molecule has 1 fully saturated rings. The van der Waals surface area contributed by atoms with Crippen LogP contribution in [0, 0.1) is 0 Å². The van der Waals surface area contributed by atoms with Crippen LogP contribution in [0.2, 0.25) is 5.02 Å². The second-order valence-electron chi connectivity index (χ2n) is 8.83. The molecule has 0 amide bonds. The van der Waals surface area contributed by atoms with Crippen LogP contribution >= 0.6 is 19.3 Å². The van der Waals surface area contributed by atoms with Crippen molar-refractivity contribution in [2.75, 3.05) is 13.2 Å². The molecule has 1 aromatic carbocycles. The fraction of sp³-hybridized carbons (Fsp3) is 0.522. The minimum atomic E-state index is -4.41. The van der Waals surface area contributed by atoms with E-state index >= 15 is 4.39 Å². The maximum atomic E-state index is 15.5. The molecule has 1 aliphatic heterocycles. The van der Waals surface area contributed by atoms with Crippen LogP contribution in [-0.2, 0) is 23.4 Å². The molecule has 38 heavy (non-hydrogen) atoms. The summed E-state index contributed by atoms with van der Waals surface area (Å²) < 4.78 is 51.7. The number of esters is 1. The molecule has 0 aliphatic carbocycles. The number of halogens is 2. The van der Waals surface area contributed by atoms with Crippen molar-refractivity contribution in [1.82, 2.24) is 14.6 Å². The van der Waals surface area contributed by atoms with Gasteiger partial charge < -0.3 is 19.1 Å². The van der Waals surface area contributed by atoms with E-state index in [9.17, 15) is 24.1 Å². The molecular weight excluding hydrogens is 548 g/mol. The van der Waals surface area contributed by atoms with Gasteiger partial charge in [-0.05, 0) is 32.4 Å². The lowest BCUT2D eigenvalue weighted by Gasteiger charge is -2.25. The molecule has 15 heteroatoms. The van der Waals surface area contributed by atoms with Crippen molar-refractivity contribution in [3.63, 3.8) is 0 Å². The highest BCUT2D eigenvalue weighted by atomic mass is 35.5. The van der Waals surface area contributed by atoms with E-state index in [1.807, 2.05) is 11.9 Å². The molecule has 2 unspecified atom stereocenters. The van der Waals surface area contributed by atoms with Crippen molar-refractivity contribution < 1.29 is 37.4 Å². The minimum Gasteiger partial charge on any atom is -0.465 e. The first-order valence-corrected chi connectivity index (χ1v) is 13.8. The van der Waals surface area contributed by atoms with Gasteiger partial charge in [-0.2, -0.15) is 5.09 Å². The molecule has 0 bridgehead atoms. The number of carbonyl (C=O) groups excluding carboxylic acids is 1. The van der Waals surface area contributed by atoms with E-state index in [4.69, 9.17) is 30.1 Å². The van der Waals surface area contributed by atoms with Crippen molar-refractivity contribution in [3.05, 3.63) is 62.4 Å². The Hall–Kier alpha value is -2.54. The number of benzene rings is 1. The largest absolute Gasteiger partial charge is 0.465 e. The van der Waals surface area contributed by atoms with Crippen molar-refractivity contribution >= 4 is 25.3 Å². The van der Waals surface area contributed by atoms with E-state index in [2.05, 4.69) is 5.09 Å². The molecule has 6 atom stereocenters. The molecule has 2 heterocycles. The van der Waals surface area contributed by atoms with Crippen LogP contribution in [0.3, 0.4) is 0 Å². The van der Waals surface area contributed by atoms with Gasteiger partial charge in [-0.25, -0.2) is 13.8 Å². The van der Waals surface area contributed by atoms with Gasteiger partial charge in [0.05, 0.1) is 18.2 Å². The standard InChI is InChI=1S/C23H30ClFN3O9P/c1-4-5-12-34-20(31)14(2)27-38(33,37-16-9-7-6-8-15(16)24)35-13-17-19(30)23(3,25)21(36-17)28-11-10-18(29)26-22(28)32/h6-11,14,17,19,21,30H,4-5,12-13H2,1-3H3,(H,27,33)(H,26,29,32)/t14-,17+,19+,21+,23?,38?/m0/s1. The number of hydrogen-bond acceptors (Lipinski definition) is 9. The van der Waals surface area contributed by atoms with E-state index in [0.717, 1.165) is 30.2 Å². The van der Waals surface area contributed by atoms with Crippen molar-refractivity contribution in [3.8, 4) is 5.75 Å². The fourth-order valence-corrected chi connectivity index (χ4v) is 5.35. The molecule has 1 aliphatic rings. The maximum absolute atomic E-state index is 15.5. The average molecular weight is 578 g/mol. The molecule has 3 N–H and O–H groups in total. The fourth-order valence-electron chi connectivity index (χ4n) is 3.60. The van der Waals surface area contributed by atoms with E-state index in [1.165, 1.54) is 19.1 Å². The van der Waals surface area contributed by atoms with Crippen molar-refractivity contribution in [1.29, 1.82) is 0 Å². The highest BCUT2D eigenvalue weighted by Crippen LogP contribution is 2.48. The highest BCUT2D eigenvalue weighted by Gasteiger charge is 2.56. The Morgan fingerprint density at radius 2 is 2.08 bits per heavy atom. The molecule has 2 aromatic rings. The van der Waals surface area contributed by atoms with Gasteiger partial charge in [0.1, 0.15) is 24.0 Å². The lowest BCUT2D eigenvalue weighted by Crippen LogP contribution is -2.43. The highest BCUT2D eigenvalue weighted by molar-refractivity contribution is 7.52. The molecular formula is C23H30ClFN3O9P. The summed E-state index contributed by atoms with van der Waals surface area (Å²) in [7, 11) is -4.41. The van der Waals surface area contributed by atoms with E-state index in [-0.39, 0.29) is 17.4 Å². The number of ether oxygens (including phenoxy) is 2. The number of aromatic amines is 1. The maximum Gasteiger partial charge on any atom is 0.459 e. The lowest BCUT2D eigenvalue weighted by atomic mass is 9.98. The van der Waals surface area contributed by atoms with Gasteiger partial charge in [-0.1, -0.05) is 37.1 Å². The predicted octanol–water partition coefficient (Wildman–Crippen LogP) is 2.70. The first-order chi connectivity index (χ1) is 17.9. The van der Waals surface area contributed by atoms with E-state index in [0.29, 0.717) is 6.42 Å². The summed E-state index contributed by atoms with van der Waals surface area (Å²) in [6.07, 6.45) is -2.43. The number of hydrogen-bond donors (Lipinski definition) is 3. The van der Waals surface area contributed by atoms with Crippen LogP contribution in [0.1, 0.15) is 39.8 Å². The summed E-state index contributed by atoms with van der Waals surface area (Å²) in [4.78, 5) is 37.9. The number of para-hydroxylation sites is 1. The summed E-state index contributed by atoms with van der Waals surface area (Å²) in [5.74, 6) is -0.742. The van der Waals surface area contributed by atoms with Crippen LogP contribution < -0.4 is 20.9 Å². The number of rotatable bonds is 12. The molecule has 0 spiro atoms. The zero-order chi connectivity index (χ0) is 28.1. The lowest BCUT2D eigenvalue weighted by molar-refractivity contribution is -0.145. The van der Waals surface area contributed by atoms with Gasteiger partial charge >= 0.3 is 19.4 Å². The van der Waals surface area contributed by atoms with Crippen LogP contribution in [0.5, 0.6) is 5.75 Å². The van der Waals surface area contributed by atoms with Crippen LogP contribution in [0.4, 0.5) is 4.39 Å². The van der Waals surface area contributed by atoms with E-state index < -0.39 is 61.7 Å². The second-order valence-corrected chi connectivity index (χ2v) is 10.9. The number of nitrogens with one attached hydrogen (secondary N) is 2. The molecule has 1 aromatic heterocycles. The molecule has 210 valence electrons. The Balaban J connectivity index is 1.80. The third kappa shape index (κ3) is 7.10. The quantitative estimate of drug-likeness (QED) is 0.194. The topological polar surface area (TPSA) is 158 Å². The monoisotopic (exact) mass is 577 g/mol. The van der Waals surface area contributed by atoms with Crippen LogP contribution in [0.25, 0.3) is 0 Å². The predicted molar refractivity (Wildman–Crippen MR) is 135 cm³/mol. The molecule has 0 radical (unpaired) electrons. The number of aliphatic hydroxyl groups is 1. The number of alkyl halides is 1. The Labute approximate surface area is 222 Å². The van der Waals surface area contributed by atoms with Crippen molar-refractivity contribution in [2.45, 2.75) is 63.8 Å². The Morgan fingerprint density at radius 1 is 1.37 bits per heavy atom. The van der Waals surface area contributed by atoms with Gasteiger partial charge in [-0.15, -0.1) is 0 Å². The Morgan fingerprint density at radius 3 is 2.74 bits per heavy atom. The van der Waals surface area contributed by atoms with Gasteiger partial charge in [0.15, 0.2) is 11.9 Å². The van der Waals surface area contributed by atoms with Gasteiger partial charge in [0.2, 0.25) is 0 Å². The zero-order valence-corrected chi connectivity index (χ0v) is 22.6. The average Bonchev–Trinajstić information content (AvgIpc) is 3.08. The van der Waals surface area contributed by atoms with Gasteiger partial charge in [0.25, 0.3) is 5.56 Å².